The molecule has 3 atom stereocenters. The number of non-ortho nitro benzene ring substituents is 1. The van der Waals surface area contributed by atoms with Gasteiger partial charge in [0.2, 0.25) is 0 Å². The number of amides is 2. The average Bonchev–Trinajstić information content (AvgIpc) is 2.57. The van der Waals surface area contributed by atoms with Crippen LogP contribution in [0.15, 0.2) is 24.3 Å². The number of benzene rings is 1. The fourth-order valence-corrected chi connectivity index (χ4v) is 2.36. The monoisotopic (exact) mass is 337 g/mol. The van der Waals surface area contributed by atoms with Crippen LogP contribution in [0.25, 0.3) is 0 Å². The first-order valence-electron chi connectivity index (χ1n) is 8.22. The van der Waals surface area contributed by atoms with E-state index in [-0.39, 0.29) is 24.2 Å². The van der Waals surface area contributed by atoms with Crippen molar-refractivity contribution in [2.75, 3.05) is 6.54 Å². The van der Waals surface area contributed by atoms with E-state index < -0.39 is 16.6 Å². The average molecular weight is 337 g/mol. The predicted octanol–water partition coefficient (Wildman–Crippen LogP) is 3.14. The number of nitrogens with zero attached hydrogens (tertiary/aromatic N) is 1. The molecule has 2 amide bonds. The zero-order chi connectivity index (χ0) is 18.3. The van der Waals surface area contributed by atoms with Gasteiger partial charge in [0.15, 0.2) is 0 Å². The Morgan fingerprint density at radius 3 is 2.58 bits per heavy atom. The second-order valence-corrected chi connectivity index (χ2v) is 6.31. The SMILES string of the molecule is CCC(NC(=O)NCC(C)(O)C(C)CC)c1cccc([N+](=O)[O-])c1. The summed E-state index contributed by atoms with van der Waals surface area (Å²) < 4.78 is 0. The molecule has 1 rings (SSSR count). The number of aliphatic hydroxyl groups is 1. The smallest absolute Gasteiger partial charge is 0.315 e. The molecule has 0 heterocycles. The van der Waals surface area contributed by atoms with Gasteiger partial charge in [0.25, 0.3) is 5.69 Å². The minimum absolute atomic E-state index is 0.00661. The Bertz CT molecular complexity index is 575. The van der Waals surface area contributed by atoms with Crippen molar-refractivity contribution in [1.82, 2.24) is 10.6 Å². The lowest BCUT2D eigenvalue weighted by atomic mass is 9.89. The highest BCUT2D eigenvalue weighted by Crippen LogP contribution is 2.22. The largest absolute Gasteiger partial charge is 0.388 e. The maximum atomic E-state index is 12.1. The Balaban J connectivity index is 2.70. The topological polar surface area (TPSA) is 104 Å². The van der Waals surface area contributed by atoms with Crippen molar-refractivity contribution in [2.45, 2.75) is 52.2 Å². The normalized spacial score (nSPS) is 15.9. The molecule has 7 heteroatoms. The quantitative estimate of drug-likeness (QED) is 0.500. The van der Waals surface area contributed by atoms with Crippen LogP contribution in [0.2, 0.25) is 0 Å². The van der Waals surface area contributed by atoms with Gasteiger partial charge in [-0.25, -0.2) is 4.79 Å². The first-order valence-corrected chi connectivity index (χ1v) is 8.22. The molecule has 0 aliphatic heterocycles. The van der Waals surface area contributed by atoms with Crippen LogP contribution in [0.1, 0.15) is 52.1 Å². The molecule has 3 N–H and O–H groups in total. The molecule has 0 aliphatic carbocycles. The lowest BCUT2D eigenvalue weighted by Crippen LogP contribution is -2.48. The van der Waals surface area contributed by atoms with Crippen LogP contribution in [0, 0.1) is 16.0 Å². The summed E-state index contributed by atoms with van der Waals surface area (Å²) in [5, 5.41) is 26.7. The first-order chi connectivity index (χ1) is 11.2. The number of nitrogens with one attached hydrogen (secondary N) is 2. The molecule has 0 fully saturated rings. The van der Waals surface area contributed by atoms with Gasteiger partial charge in [-0.05, 0) is 24.8 Å². The Morgan fingerprint density at radius 2 is 2.04 bits per heavy atom. The molecule has 1 aromatic carbocycles. The second kappa shape index (κ2) is 8.63. The lowest BCUT2D eigenvalue weighted by molar-refractivity contribution is -0.384. The molecule has 0 radical (unpaired) electrons. The first kappa shape index (κ1) is 19.9. The fraction of sp³-hybridized carbons (Fsp3) is 0.588. The number of nitro groups is 1. The molecule has 0 saturated heterocycles. The van der Waals surface area contributed by atoms with Gasteiger partial charge in [0.1, 0.15) is 0 Å². The van der Waals surface area contributed by atoms with Gasteiger partial charge in [-0.3, -0.25) is 10.1 Å². The second-order valence-electron chi connectivity index (χ2n) is 6.31. The molecular formula is C17H27N3O4. The highest BCUT2D eigenvalue weighted by atomic mass is 16.6. The van der Waals surface area contributed by atoms with Crippen molar-refractivity contribution in [3.05, 3.63) is 39.9 Å². The fourth-order valence-electron chi connectivity index (χ4n) is 2.36. The number of hydrogen-bond acceptors (Lipinski definition) is 4. The van der Waals surface area contributed by atoms with Crippen LogP contribution >= 0.6 is 0 Å². The molecule has 0 aromatic heterocycles. The molecular weight excluding hydrogens is 310 g/mol. The van der Waals surface area contributed by atoms with Crippen LogP contribution in [0.4, 0.5) is 10.5 Å². The van der Waals surface area contributed by atoms with Crippen LogP contribution in [-0.4, -0.2) is 28.2 Å². The molecule has 1 aromatic rings. The van der Waals surface area contributed by atoms with E-state index in [0.29, 0.717) is 12.0 Å². The van der Waals surface area contributed by atoms with Crippen molar-refractivity contribution in [3.63, 3.8) is 0 Å². The minimum Gasteiger partial charge on any atom is -0.388 e. The highest BCUT2D eigenvalue weighted by molar-refractivity contribution is 5.74. The predicted molar refractivity (Wildman–Crippen MR) is 92.7 cm³/mol. The third kappa shape index (κ3) is 5.49. The molecule has 0 aliphatic rings. The Labute approximate surface area is 142 Å². The summed E-state index contributed by atoms with van der Waals surface area (Å²) in [6.07, 6.45) is 1.40. The number of nitro benzene ring substituents is 1. The number of carbonyl (C=O) groups is 1. The molecule has 134 valence electrons. The van der Waals surface area contributed by atoms with Crippen molar-refractivity contribution in [2.24, 2.45) is 5.92 Å². The summed E-state index contributed by atoms with van der Waals surface area (Å²) in [5.74, 6) is 0.0524. The summed E-state index contributed by atoms with van der Waals surface area (Å²) in [6.45, 7) is 7.63. The number of carbonyl (C=O) groups excluding carboxylic acids is 1. The van der Waals surface area contributed by atoms with E-state index in [2.05, 4.69) is 10.6 Å². The van der Waals surface area contributed by atoms with Crippen LogP contribution in [0.3, 0.4) is 0 Å². The molecule has 0 saturated carbocycles. The van der Waals surface area contributed by atoms with E-state index in [1.807, 2.05) is 20.8 Å². The van der Waals surface area contributed by atoms with Gasteiger partial charge < -0.3 is 15.7 Å². The van der Waals surface area contributed by atoms with E-state index in [9.17, 15) is 20.0 Å². The molecule has 3 unspecified atom stereocenters. The summed E-state index contributed by atoms with van der Waals surface area (Å²) in [6, 6.07) is 5.49. The molecule has 7 nitrogen and oxygen atoms in total. The summed E-state index contributed by atoms with van der Waals surface area (Å²) in [7, 11) is 0. The molecule has 0 bridgehead atoms. The van der Waals surface area contributed by atoms with E-state index in [1.165, 1.54) is 12.1 Å². The van der Waals surface area contributed by atoms with E-state index in [4.69, 9.17) is 0 Å². The standard InChI is InChI=1S/C17H27N3O4/c1-5-12(3)17(4,22)11-18-16(21)19-15(6-2)13-8-7-9-14(10-13)20(23)24/h7-10,12,15,22H,5-6,11H2,1-4H3,(H2,18,19,21). The van der Waals surface area contributed by atoms with Gasteiger partial charge >= 0.3 is 6.03 Å². The Kier molecular flexibility index (Phi) is 7.16. The van der Waals surface area contributed by atoms with Gasteiger partial charge in [-0.2, -0.15) is 0 Å². The van der Waals surface area contributed by atoms with Gasteiger partial charge in [0.05, 0.1) is 16.6 Å². The van der Waals surface area contributed by atoms with Gasteiger partial charge in [0, 0.05) is 18.7 Å². The van der Waals surface area contributed by atoms with E-state index in [1.54, 1.807) is 19.1 Å². The Hall–Kier alpha value is -2.15. The summed E-state index contributed by atoms with van der Waals surface area (Å²) in [5.41, 5.74) is -0.317. The lowest BCUT2D eigenvalue weighted by Gasteiger charge is -2.30. The molecule has 24 heavy (non-hydrogen) atoms. The van der Waals surface area contributed by atoms with Crippen molar-refractivity contribution < 1.29 is 14.8 Å². The van der Waals surface area contributed by atoms with Gasteiger partial charge in [-0.15, -0.1) is 0 Å². The van der Waals surface area contributed by atoms with E-state index >= 15 is 0 Å². The summed E-state index contributed by atoms with van der Waals surface area (Å²) in [4.78, 5) is 22.5. The minimum atomic E-state index is -0.987. The Morgan fingerprint density at radius 1 is 1.38 bits per heavy atom. The highest BCUT2D eigenvalue weighted by Gasteiger charge is 2.27. The number of hydrogen-bond donors (Lipinski definition) is 3. The maximum Gasteiger partial charge on any atom is 0.315 e. The third-order valence-corrected chi connectivity index (χ3v) is 4.48. The van der Waals surface area contributed by atoms with Crippen LogP contribution in [0.5, 0.6) is 0 Å². The van der Waals surface area contributed by atoms with Crippen LogP contribution in [-0.2, 0) is 0 Å². The third-order valence-electron chi connectivity index (χ3n) is 4.48. The molecule has 0 spiro atoms. The number of urea groups is 1. The van der Waals surface area contributed by atoms with E-state index in [0.717, 1.165) is 6.42 Å². The zero-order valence-corrected chi connectivity index (χ0v) is 14.7. The van der Waals surface area contributed by atoms with Crippen molar-refractivity contribution in [3.8, 4) is 0 Å². The maximum absolute atomic E-state index is 12.1. The summed E-state index contributed by atoms with van der Waals surface area (Å²) >= 11 is 0. The van der Waals surface area contributed by atoms with Gasteiger partial charge in [-0.1, -0.05) is 39.3 Å². The van der Waals surface area contributed by atoms with Crippen LogP contribution < -0.4 is 10.6 Å². The van der Waals surface area contributed by atoms with Crippen molar-refractivity contribution in [1.29, 1.82) is 0 Å². The number of rotatable bonds is 8. The zero-order valence-electron chi connectivity index (χ0n) is 14.7. The van der Waals surface area contributed by atoms with Crippen molar-refractivity contribution >= 4 is 11.7 Å².